The molecule has 3 N–H and O–H groups in total. The van der Waals surface area contributed by atoms with Crippen LogP contribution in [0.15, 0.2) is 0 Å². The SMILES string of the molecule is CCCC(O)(C(=O)O)C(C)O. The minimum absolute atomic E-state index is 0.0694. The maximum absolute atomic E-state index is 10.4. The zero-order chi connectivity index (χ0) is 9.07. The zero-order valence-electron chi connectivity index (χ0n) is 6.74. The molecule has 0 rings (SSSR count). The lowest BCUT2D eigenvalue weighted by Crippen LogP contribution is -2.47. The van der Waals surface area contributed by atoms with Gasteiger partial charge in [0.1, 0.15) is 0 Å². The lowest BCUT2D eigenvalue weighted by Gasteiger charge is -2.25. The van der Waals surface area contributed by atoms with E-state index in [4.69, 9.17) is 10.2 Å². The van der Waals surface area contributed by atoms with Crippen LogP contribution in [0.3, 0.4) is 0 Å². The standard InChI is InChI=1S/C7H14O4/c1-3-4-7(11,5(2)8)6(9)10/h5,8,11H,3-4H2,1-2H3,(H,9,10). The van der Waals surface area contributed by atoms with Gasteiger partial charge in [-0.1, -0.05) is 13.3 Å². The van der Waals surface area contributed by atoms with E-state index in [1.807, 2.05) is 0 Å². The molecule has 0 saturated carbocycles. The maximum atomic E-state index is 10.4. The molecule has 11 heavy (non-hydrogen) atoms. The number of carbonyl (C=O) groups is 1. The highest BCUT2D eigenvalue weighted by molar-refractivity contribution is 5.77. The molecule has 0 fully saturated rings. The van der Waals surface area contributed by atoms with Crippen molar-refractivity contribution in [3.05, 3.63) is 0 Å². The summed E-state index contributed by atoms with van der Waals surface area (Å²) < 4.78 is 0. The summed E-state index contributed by atoms with van der Waals surface area (Å²) in [5, 5.41) is 26.8. The average molecular weight is 162 g/mol. The third-order valence-electron chi connectivity index (χ3n) is 1.69. The topological polar surface area (TPSA) is 77.8 Å². The van der Waals surface area contributed by atoms with Crippen molar-refractivity contribution >= 4 is 5.97 Å². The summed E-state index contributed by atoms with van der Waals surface area (Å²) in [6, 6.07) is 0. The van der Waals surface area contributed by atoms with Gasteiger partial charge < -0.3 is 15.3 Å². The summed E-state index contributed by atoms with van der Waals surface area (Å²) in [6.07, 6.45) is -0.645. The van der Waals surface area contributed by atoms with Crippen LogP contribution in [0.4, 0.5) is 0 Å². The Hall–Kier alpha value is -0.610. The second-order valence-electron chi connectivity index (χ2n) is 2.66. The molecular formula is C7H14O4. The van der Waals surface area contributed by atoms with Gasteiger partial charge >= 0.3 is 5.97 Å². The van der Waals surface area contributed by atoms with Gasteiger partial charge in [-0.15, -0.1) is 0 Å². The summed E-state index contributed by atoms with van der Waals surface area (Å²) in [7, 11) is 0. The molecule has 0 aromatic carbocycles. The van der Waals surface area contributed by atoms with Crippen molar-refractivity contribution in [2.45, 2.75) is 38.4 Å². The first-order valence-corrected chi connectivity index (χ1v) is 3.59. The normalized spacial score (nSPS) is 18.9. The van der Waals surface area contributed by atoms with E-state index in [1.54, 1.807) is 6.92 Å². The van der Waals surface area contributed by atoms with Gasteiger partial charge in [0.15, 0.2) is 5.60 Å². The van der Waals surface area contributed by atoms with Gasteiger partial charge in [0.05, 0.1) is 6.10 Å². The largest absolute Gasteiger partial charge is 0.479 e. The van der Waals surface area contributed by atoms with E-state index >= 15 is 0 Å². The Labute approximate surface area is 65.5 Å². The summed E-state index contributed by atoms with van der Waals surface area (Å²) in [5.74, 6) is -1.37. The molecule has 2 unspecified atom stereocenters. The first-order valence-electron chi connectivity index (χ1n) is 3.59. The van der Waals surface area contributed by atoms with Crippen LogP contribution < -0.4 is 0 Å². The molecule has 0 amide bonds. The second-order valence-corrected chi connectivity index (χ2v) is 2.66. The van der Waals surface area contributed by atoms with Gasteiger partial charge in [0, 0.05) is 0 Å². The van der Waals surface area contributed by atoms with Gasteiger partial charge in [-0.25, -0.2) is 4.79 Å². The maximum Gasteiger partial charge on any atom is 0.338 e. The third-order valence-corrected chi connectivity index (χ3v) is 1.69. The fourth-order valence-electron chi connectivity index (χ4n) is 0.876. The van der Waals surface area contributed by atoms with E-state index in [2.05, 4.69) is 0 Å². The number of aliphatic hydroxyl groups is 2. The predicted octanol–water partition coefficient (Wildman–Crippen LogP) is -0.0170. The van der Waals surface area contributed by atoms with E-state index in [1.165, 1.54) is 6.92 Å². The number of hydrogen-bond acceptors (Lipinski definition) is 3. The molecule has 0 bridgehead atoms. The Balaban J connectivity index is 4.38. The average Bonchev–Trinajstić information content (AvgIpc) is 1.87. The van der Waals surface area contributed by atoms with Gasteiger partial charge in [-0.2, -0.15) is 0 Å². The molecule has 0 spiro atoms. The quantitative estimate of drug-likeness (QED) is 0.543. The molecule has 4 heteroatoms. The Morgan fingerprint density at radius 1 is 1.64 bits per heavy atom. The van der Waals surface area contributed by atoms with Crippen LogP contribution in [-0.4, -0.2) is 33.0 Å². The zero-order valence-corrected chi connectivity index (χ0v) is 6.74. The fourth-order valence-corrected chi connectivity index (χ4v) is 0.876. The van der Waals surface area contributed by atoms with E-state index in [9.17, 15) is 9.90 Å². The first-order chi connectivity index (χ1) is 4.95. The minimum atomic E-state index is -1.98. The molecule has 4 nitrogen and oxygen atoms in total. The van der Waals surface area contributed by atoms with Crippen molar-refractivity contribution in [2.24, 2.45) is 0 Å². The second kappa shape index (κ2) is 3.69. The molecule has 0 aromatic rings. The molecule has 0 radical (unpaired) electrons. The molecule has 0 aromatic heterocycles. The fraction of sp³-hybridized carbons (Fsp3) is 0.857. The number of aliphatic hydroxyl groups excluding tert-OH is 1. The smallest absolute Gasteiger partial charge is 0.338 e. The van der Waals surface area contributed by atoms with Crippen LogP contribution in [0.2, 0.25) is 0 Å². The van der Waals surface area contributed by atoms with Crippen LogP contribution in [0.1, 0.15) is 26.7 Å². The van der Waals surface area contributed by atoms with Gasteiger partial charge in [0.2, 0.25) is 0 Å². The van der Waals surface area contributed by atoms with E-state index in [0.29, 0.717) is 6.42 Å². The van der Waals surface area contributed by atoms with Crippen molar-refractivity contribution in [1.82, 2.24) is 0 Å². The van der Waals surface area contributed by atoms with Crippen molar-refractivity contribution in [3.8, 4) is 0 Å². The monoisotopic (exact) mass is 162 g/mol. The lowest BCUT2D eigenvalue weighted by atomic mass is 9.93. The van der Waals surface area contributed by atoms with E-state index in [-0.39, 0.29) is 6.42 Å². The van der Waals surface area contributed by atoms with Crippen molar-refractivity contribution < 1.29 is 20.1 Å². The Morgan fingerprint density at radius 3 is 2.18 bits per heavy atom. The lowest BCUT2D eigenvalue weighted by molar-refractivity contribution is -0.171. The summed E-state index contributed by atoms with van der Waals surface area (Å²) >= 11 is 0. The molecule has 66 valence electrons. The Morgan fingerprint density at radius 2 is 2.09 bits per heavy atom. The number of aliphatic carboxylic acids is 1. The van der Waals surface area contributed by atoms with Gasteiger partial charge in [-0.3, -0.25) is 0 Å². The molecular weight excluding hydrogens is 148 g/mol. The highest BCUT2D eigenvalue weighted by Crippen LogP contribution is 2.17. The third kappa shape index (κ3) is 2.17. The molecule has 0 aliphatic carbocycles. The van der Waals surface area contributed by atoms with Gasteiger partial charge in [0.25, 0.3) is 0 Å². The highest BCUT2D eigenvalue weighted by Gasteiger charge is 2.39. The van der Waals surface area contributed by atoms with Crippen LogP contribution in [-0.2, 0) is 4.79 Å². The highest BCUT2D eigenvalue weighted by atomic mass is 16.4. The van der Waals surface area contributed by atoms with E-state index in [0.717, 1.165) is 0 Å². The molecule has 0 aliphatic heterocycles. The number of carboxylic acids is 1. The van der Waals surface area contributed by atoms with Crippen LogP contribution in [0.25, 0.3) is 0 Å². The minimum Gasteiger partial charge on any atom is -0.479 e. The van der Waals surface area contributed by atoms with Gasteiger partial charge in [-0.05, 0) is 13.3 Å². The Bertz CT molecular complexity index is 143. The summed E-state index contributed by atoms with van der Waals surface area (Å²) in [6.45, 7) is 3.01. The Kier molecular flexibility index (Phi) is 3.48. The molecule has 0 aliphatic rings. The van der Waals surface area contributed by atoms with E-state index < -0.39 is 17.7 Å². The predicted molar refractivity (Wildman–Crippen MR) is 39.2 cm³/mol. The van der Waals surface area contributed by atoms with Crippen LogP contribution >= 0.6 is 0 Å². The summed E-state index contributed by atoms with van der Waals surface area (Å²) in [5.41, 5.74) is -1.98. The molecule has 0 heterocycles. The van der Waals surface area contributed by atoms with Crippen molar-refractivity contribution in [2.75, 3.05) is 0 Å². The van der Waals surface area contributed by atoms with Crippen molar-refractivity contribution in [1.29, 1.82) is 0 Å². The van der Waals surface area contributed by atoms with Crippen LogP contribution in [0, 0.1) is 0 Å². The number of hydrogen-bond donors (Lipinski definition) is 3. The summed E-state index contributed by atoms with van der Waals surface area (Å²) in [4.78, 5) is 10.4. The first kappa shape index (κ1) is 10.4. The number of rotatable bonds is 4. The number of carboxylic acid groups (broad SMARTS) is 1. The van der Waals surface area contributed by atoms with Crippen molar-refractivity contribution in [3.63, 3.8) is 0 Å². The molecule has 2 atom stereocenters. The van der Waals surface area contributed by atoms with Crippen LogP contribution in [0.5, 0.6) is 0 Å². The molecule has 0 saturated heterocycles.